The Labute approximate surface area is 296 Å². The van der Waals surface area contributed by atoms with Gasteiger partial charge in [-0.25, -0.2) is 0 Å². The number of aliphatic carboxylic acids is 2. The monoisotopic (exact) mass is 667 g/mol. The molecule has 0 saturated heterocycles. The summed E-state index contributed by atoms with van der Waals surface area (Å²) in [5, 5.41) is 17.0. The second-order valence-electron chi connectivity index (χ2n) is 13.5. The second-order valence-corrected chi connectivity index (χ2v) is 13.5. The minimum Gasteiger partial charge on any atom is -0.481 e. The van der Waals surface area contributed by atoms with E-state index in [-0.39, 0.29) is 0 Å². The fourth-order valence-electron chi connectivity index (χ4n) is 5.85. The number of hydrogen-bond donors (Lipinski definition) is 2. The first-order chi connectivity index (χ1) is 23.5. The lowest BCUT2D eigenvalue weighted by atomic mass is 10.0. The van der Waals surface area contributed by atoms with E-state index in [1.165, 1.54) is 152 Å². The third-order valence-electron chi connectivity index (χ3n) is 8.87. The van der Waals surface area contributed by atoms with Crippen LogP contribution in [0.4, 0.5) is 0 Å². The van der Waals surface area contributed by atoms with Gasteiger partial charge in [0, 0.05) is 12.8 Å². The molecule has 0 bridgehead atoms. The molecule has 0 atom stereocenters. The van der Waals surface area contributed by atoms with Gasteiger partial charge in [-0.3, -0.25) is 9.59 Å². The number of carboxylic acid groups (broad SMARTS) is 2. The first-order valence-electron chi connectivity index (χ1n) is 20.0. The van der Waals surface area contributed by atoms with Crippen LogP contribution in [0.2, 0.25) is 0 Å². The van der Waals surface area contributed by atoms with E-state index in [0.717, 1.165) is 25.7 Å². The van der Waals surface area contributed by atoms with Gasteiger partial charge in [-0.2, -0.15) is 0 Å². The first kappa shape index (κ1) is 45.4. The van der Waals surface area contributed by atoms with Crippen LogP contribution in [0.1, 0.15) is 194 Å². The molecule has 0 heterocycles. The summed E-state index contributed by atoms with van der Waals surface area (Å²) in [4.78, 5) is 20.6. The molecule has 0 aliphatic heterocycles. The molecule has 0 aliphatic carbocycles. The van der Waals surface area contributed by atoms with Crippen LogP contribution >= 0.6 is 0 Å². The molecule has 0 saturated carbocycles. The largest absolute Gasteiger partial charge is 0.481 e. The third-order valence-corrected chi connectivity index (χ3v) is 8.87. The Bertz CT molecular complexity index is 850. The van der Waals surface area contributed by atoms with Crippen molar-refractivity contribution in [1.29, 1.82) is 0 Å². The SMILES string of the molecule is CCCCCCCCCCCCCCCC(=O)O.CCCCCCCCCCCCCCCC(=O)O.c1ccc(-c2ccccc2)cc1. The minimum atomic E-state index is -0.655. The summed E-state index contributed by atoms with van der Waals surface area (Å²) in [5.74, 6) is -1.31. The fourth-order valence-corrected chi connectivity index (χ4v) is 5.85. The zero-order chi connectivity index (χ0) is 35.2. The number of benzene rings is 2. The molecule has 48 heavy (non-hydrogen) atoms. The molecule has 0 radical (unpaired) electrons. The van der Waals surface area contributed by atoms with Crippen molar-refractivity contribution >= 4 is 11.9 Å². The lowest BCUT2D eigenvalue weighted by Crippen LogP contribution is -1.93. The lowest BCUT2D eigenvalue weighted by molar-refractivity contribution is -0.138. The number of hydrogen-bond acceptors (Lipinski definition) is 2. The van der Waals surface area contributed by atoms with Crippen LogP contribution in [0, 0.1) is 0 Å². The molecule has 4 heteroatoms. The number of rotatable bonds is 29. The molecule has 4 nitrogen and oxygen atoms in total. The van der Waals surface area contributed by atoms with E-state index in [1.54, 1.807) is 0 Å². The Hall–Kier alpha value is -2.62. The van der Waals surface area contributed by atoms with Gasteiger partial charge in [0.25, 0.3) is 0 Å². The zero-order valence-electron chi connectivity index (χ0n) is 31.3. The highest BCUT2D eigenvalue weighted by molar-refractivity contribution is 5.66. The minimum absolute atomic E-state index is 0.345. The molecule has 274 valence electrons. The highest BCUT2D eigenvalue weighted by atomic mass is 16.4. The Balaban J connectivity index is 0.000000702. The fraction of sp³-hybridized carbons (Fsp3) is 0.682. The van der Waals surface area contributed by atoms with Gasteiger partial charge in [-0.05, 0) is 24.0 Å². The van der Waals surface area contributed by atoms with Crippen molar-refractivity contribution < 1.29 is 19.8 Å². The summed E-state index contributed by atoms with van der Waals surface area (Å²) in [7, 11) is 0. The summed E-state index contributed by atoms with van der Waals surface area (Å²) in [6.07, 6.45) is 34.5. The molecule has 0 spiro atoms. The van der Waals surface area contributed by atoms with Gasteiger partial charge in [-0.15, -0.1) is 0 Å². The van der Waals surface area contributed by atoms with Crippen LogP contribution in [-0.2, 0) is 9.59 Å². The molecule has 0 aromatic heterocycles. The van der Waals surface area contributed by atoms with Crippen molar-refractivity contribution in [2.24, 2.45) is 0 Å². The molecule has 2 N–H and O–H groups in total. The highest BCUT2D eigenvalue weighted by Gasteiger charge is 1.98. The summed E-state index contributed by atoms with van der Waals surface area (Å²) >= 11 is 0. The van der Waals surface area contributed by atoms with Gasteiger partial charge in [-0.1, -0.05) is 229 Å². The van der Waals surface area contributed by atoms with E-state index < -0.39 is 11.9 Å². The topological polar surface area (TPSA) is 74.6 Å². The van der Waals surface area contributed by atoms with Crippen molar-refractivity contribution in [3.05, 3.63) is 60.7 Å². The van der Waals surface area contributed by atoms with E-state index in [9.17, 15) is 9.59 Å². The number of carbonyl (C=O) groups is 2. The smallest absolute Gasteiger partial charge is 0.303 e. The van der Waals surface area contributed by atoms with Gasteiger partial charge in [0.1, 0.15) is 0 Å². The maximum Gasteiger partial charge on any atom is 0.303 e. The average molecular weight is 667 g/mol. The molecule has 0 amide bonds. The molecule has 0 aliphatic rings. The van der Waals surface area contributed by atoms with E-state index in [0.29, 0.717) is 12.8 Å². The first-order valence-corrected chi connectivity index (χ1v) is 20.0. The van der Waals surface area contributed by atoms with Gasteiger partial charge in [0.05, 0.1) is 0 Å². The zero-order valence-corrected chi connectivity index (χ0v) is 31.3. The summed E-state index contributed by atoms with van der Waals surface area (Å²) in [6, 6.07) is 20.8. The summed E-state index contributed by atoms with van der Waals surface area (Å²) < 4.78 is 0. The van der Waals surface area contributed by atoms with Crippen molar-refractivity contribution in [1.82, 2.24) is 0 Å². The predicted molar refractivity (Wildman–Crippen MR) is 208 cm³/mol. The summed E-state index contributed by atoms with van der Waals surface area (Å²) in [5.41, 5.74) is 2.55. The third kappa shape index (κ3) is 34.7. The average Bonchev–Trinajstić information content (AvgIpc) is 3.10. The standard InChI is InChI=1S/2C16H32O2.C12H10/c2*1-2-3-4-5-6-7-8-9-10-11-12-13-14-15-16(17)18;1-3-7-11(8-4-1)12-9-5-2-6-10-12/h2*2-15H2,1H3,(H,17,18);1-10H. The van der Waals surface area contributed by atoms with Crippen LogP contribution in [-0.4, -0.2) is 22.2 Å². The number of carboxylic acids is 2. The normalized spacial score (nSPS) is 10.5. The van der Waals surface area contributed by atoms with Crippen molar-refractivity contribution in [3.8, 4) is 11.1 Å². The van der Waals surface area contributed by atoms with E-state index in [2.05, 4.69) is 62.4 Å². The maximum absolute atomic E-state index is 10.3. The van der Waals surface area contributed by atoms with Crippen LogP contribution < -0.4 is 0 Å². The molecule has 0 fully saturated rings. The van der Waals surface area contributed by atoms with Crippen LogP contribution in [0.5, 0.6) is 0 Å². The van der Waals surface area contributed by atoms with Crippen molar-refractivity contribution in [3.63, 3.8) is 0 Å². The van der Waals surface area contributed by atoms with Gasteiger partial charge in [0.2, 0.25) is 0 Å². The van der Waals surface area contributed by atoms with Crippen molar-refractivity contribution in [2.45, 2.75) is 194 Å². The van der Waals surface area contributed by atoms with Crippen LogP contribution in [0.3, 0.4) is 0 Å². The second kappa shape index (κ2) is 37.2. The van der Waals surface area contributed by atoms with E-state index >= 15 is 0 Å². The summed E-state index contributed by atoms with van der Waals surface area (Å²) in [6.45, 7) is 4.52. The molecular weight excluding hydrogens is 592 g/mol. The maximum atomic E-state index is 10.3. The van der Waals surface area contributed by atoms with Gasteiger partial charge < -0.3 is 10.2 Å². The van der Waals surface area contributed by atoms with E-state index in [4.69, 9.17) is 10.2 Å². The van der Waals surface area contributed by atoms with Crippen molar-refractivity contribution in [2.75, 3.05) is 0 Å². The predicted octanol–water partition coefficient (Wildman–Crippen LogP) is 14.5. The molecule has 2 rings (SSSR count). The van der Waals surface area contributed by atoms with Gasteiger partial charge >= 0.3 is 11.9 Å². The highest BCUT2D eigenvalue weighted by Crippen LogP contribution is 2.17. The molecule has 0 unspecified atom stereocenters. The quantitative estimate of drug-likeness (QED) is 0.0847. The Morgan fingerprint density at radius 1 is 0.354 bits per heavy atom. The Morgan fingerprint density at radius 3 is 0.771 bits per heavy atom. The van der Waals surface area contributed by atoms with Crippen LogP contribution in [0.25, 0.3) is 11.1 Å². The molecular formula is C44H74O4. The molecule has 2 aromatic carbocycles. The van der Waals surface area contributed by atoms with E-state index in [1.807, 2.05) is 12.1 Å². The Morgan fingerprint density at radius 2 is 0.562 bits per heavy atom. The lowest BCUT2D eigenvalue weighted by Gasteiger charge is -2.02. The molecule has 2 aromatic rings. The Kier molecular flexibility index (Phi) is 35.2. The van der Waals surface area contributed by atoms with Crippen LogP contribution in [0.15, 0.2) is 60.7 Å². The number of unbranched alkanes of at least 4 members (excludes halogenated alkanes) is 24. The van der Waals surface area contributed by atoms with Gasteiger partial charge in [0.15, 0.2) is 0 Å².